The van der Waals surface area contributed by atoms with E-state index in [2.05, 4.69) is 17.4 Å². The number of piperidine rings is 1. The van der Waals surface area contributed by atoms with Gasteiger partial charge in [-0.25, -0.2) is 0 Å². The molecule has 1 atom stereocenters. The average Bonchev–Trinajstić information content (AvgIpc) is 2.47. The van der Waals surface area contributed by atoms with Crippen LogP contribution < -0.4 is 5.32 Å². The van der Waals surface area contributed by atoms with Gasteiger partial charge in [-0.15, -0.1) is 12.4 Å². The highest BCUT2D eigenvalue weighted by Gasteiger charge is 2.23. The maximum atomic E-state index is 12.6. The zero-order valence-electron chi connectivity index (χ0n) is 10.8. The molecule has 1 saturated heterocycles. The summed E-state index contributed by atoms with van der Waals surface area (Å²) in [6.07, 6.45) is 2.11. The molecular formula is C16H18ClNO. The molecule has 2 nitrogen and oxygen atoms in total. The first-order valence-corrected chi connectivity index (χ1v) is 6.59. The van der Waals surface area contributed by atoms with E-state index in [9.17, 15) is 4.79 Å². The molecule has 0 aromatic heterocycles. The van der Waals surface area contributed by atoms with Crippen LogP contribution in [0.25, 0.3) is 10.8 Å². The minimum Gasteiger partial charge on any atom is -0.316 e. The van der Waals surface area contributed by atoms with Crippen LogP contribution in [0.15, 0.2) is 42.5 Å². The zero-order chi connectivity index (χ0) is 12.4. The number of carbonyl (C=O) groups is 1. The number of carbonyl (C=O) groups excluding carboxylic acids is 1. The van der Waals surface area contributed by atoms with E-state index in [1.165, 1.54) is 0 Å². The van der Waals surface area contributed by atoms with Gasteiger partial charge in [0.25, 0.3) is 0 Å². The molecule has 1 unspecified atom stereocenters. The SMILES string of the molecule is Cl.O=C(c1cccc2ccccc12)C1CCCNC1. The molecule has 3 heteroatoms. The molecule has 19 heavy (non-hydrogen) atoms. The lowest BCUT2D eigenvalue weighted by molar-refractivity contribution is 0.0901. The molecule has 0 aliphatic carbocycles. The number of benzene rings is 2. The van der Waals surface area contributed by atoms with Crippen molar-refractivity contribution in [3.05, 3.63) is 48.0 Å². The molecule has 0 bridgehead atoms. The first kappa shape index (κ1) is 14.0. The van der Waals surface area contributed by atoms with E-state index in [4.69, 9.17) is 0 Å². The number of ketones is 1. The van der Waals surface area contributed by atoms with Crippen molar-refractivity contribution in [2.45, 2.75) is 12.8 Å². The number of hydrogen-bond donors (Lipinski definition) is 1. The zero-order valence-corrected chi connectivity index (χ0v) is 11.6. The number of halogens is 1. The molecule has 0 radical (unpaired) electrons. The highest BCUT2D eigenvalue weighted by molar-refractivity contribution is 6.09. The van der Waals surface area contributed by atoms with Crippen LogP contribution >= 0.6 is 12.4 Å². The van der Waals surface area contributed by atoms with E-state index < -0.39 is 0 Å². The largest absolute Gasteiger partial charge is 0.316 e. The third-order valence-electron chi connectivity index (χ3n) is 3.72. The van der Waals surface area contributed by atoms with Crippen molar-refractivity contribution in [2.75, 3.05) is 13.1 Å². The number of fused-ring (bicyclic) bond motifs is 1. The Bertz CT molecular complexity index is 570. The fourth-order valence-electron chi connectivity index (χ4n) is 2.74. The highest BCUT2D eigenvalue weighted by Crippen LogP contribution is 2.23. The Morgan fingerprint density at radius 3 is 2.68 bits per heavy atom. The van der Waals surface area contributed by atoms with E-state index in [0.717, 1.165) is 42.3 Å². The normalized spacial score (nSPS) is 18.8. The smallest absolute Gasteiger partial charge is 0.167 e. The molecule has 1 N–H and O–H groups in total. The third kappa shape index (κ3) is 2.80. The van der Waals surface area contributed by atoms with Gasteiger partial charge in [0.2, 0.25) is 0 Å². The molecule has 0 spiro atoms. The maximum Gasteiger partial charge on any atom is 0.167 e. The van der Waals surface area contributed by atoms with E-state index in [0.29, 0.717) is 5.78 Å². The molecule has 2 aromatic rings. The van der Waals surface area contributed by atoms with Crippen molar-refractivity contribution >= 4 is 29.0 Å². The van der Waals surface area contributed by atoms with E-state index in [1.54, 1.807) is 0 Å². The maximum absolute atomic E-state index is 12.6. The molecule has 0 saturated carbocycles. The molecule has 1 heterocycles. The summed E-state index contributed by atoms with van der Waals surface area (Å²) in [5.41, 5.74) is 0.877. The van der Waals surface area contributed by atoms with Gasteiger partial charge in [0, 0.05) is 18.0 Å². The summed E-state index contributed by atoms with van der Waals surface area (Å²) in [7, 11) is 0. The van der Waals surface area contributed by atoms with Gasteiger partial charge in [-0.2, -0.15) is 0 Å². The van der Waals surface area contributed by atoms with Crippen LogP contribution in [0.4, 0.5) is 0 Å². The minimum absolute atomic E-state index is 0. The molecule has 1 aliphatic heterocycles. The van der Waals surface area contributed by atoms with Crippen molar-refractivity contribution in [2.24, 2.45) is 5.92 Å². The molecule has 1 aliphatic rings. The summed E-state index contributed by atoms with van der Waals surface area (Å²) >= 11 is 0. The monoisotopic (exact) mass is 275 g/mol. The van der Waals surface area contributed by atoms with Crippen LogP contribution in [-0.2, 0) is 0 Å². The van der Waals surface area contributed by atoms with Crippen molar-refractivity contribution in [1.82, 2.24) is 5.32 Å². The second-order valence-electron chi connectivity index (χ2n) is 4.93. The predicted octanol–water partition coefficient (Wildman–Crippen LogP) is 3.44. The molecule has 0 amide bonds. The summed E-state index contributed by atoms with van der Waals surface area (Å²) in [5.74, 6) is 0.434. The van der Waals surface area contributed by atoms with Crippen LogP contribution in [0.5, 0.6) is 0 Å². The fraction of sp³-hybridized carbons (Fsp3) is 0.312. The summed E-state index contributed by atoms with van der Waals surface area (Å²) in [4.78, 5) is 12.6. The van der Waals surface area contributed by atoms with E-state index in [-0.39, 0.29) is 18.3 Å². The number of nitrogens with one attached hydrogen (secondary N) is 1. The first-order valence-electron chi connectivity index (χ1n) is 6.59. The molecule has 1 fully saturated rings. The van der Waals surface area contributed by atoms with Crippen LogP contribution in [0.2, 0.25) is 0 Å². The summed E-state index contributed by atoms with van der Waals surface area (Å²) in [6, 6.07) is 14.1. The topological polar surface area (TPSA) is 29.1 Å². The van der Waals surface area contributed by atoms with E-state index in [1.807, 2.05) is 30.3 Å². The Balaban J connectivity index is 0.00000133. The van der Waals surface area contributed by atoms with Crippen LogP contribution in [0.3, 0.4) is 0 Å². The first-order chi connectivity index (χ1) is 8.86. The van der Waals surface area contributed by atoms with Gasteiger partial charge in [0.15, 0.2) is 5.78 Å². The van der Waals surface area contributed by atoms with Gasteiger partial charge < -0.3 is 5.32 Å². The summed E-state index contributed by atoms with van der Waals surface area (Å²) in [6.45, 7) is 1.86. The van der Waals surface area contributed by atoms with Crippen molar-refractivity contribution < 1.29 is 4.79 Å². The quantitative estimate of drug-likeness (QED) is 0.851. The number of Topliss-reactive ketones (excluding diaryl/α,β-unsaturated/α-hetero) is 1. The standard InChI is InChI=1S/C16H17NO.ClH/c18-16(13-7-4-10-17-11-13)15-9-3-6-12-5-1-2-8-14(12)15;/h1-3,5-6,8-9,13,17H,4,7,10-11H2;1H. The Hall–Kier alpha value is -1.38. The van der Waals surface area contributed by atoms with Crippen molar-refractivity contribution in [3.63, 3.8) is 0 Å². The lowest BCUT2D eigenvalue weighted by atomic mass is 9.89. The van der Waals surface area contributed by atoms with Crippen molar-refractivity contribution in [1.29, 1.82) is 0 Å². The van der Waals surface area contributed by atoms with Gasteiger partial charge in [-0.05, 0) is 30.2 Å². The van der Waals surface area contributed by atoms with Gasteiger partial charge >= 0.3 is 0 Å². The van der Waals surface area contributed by atoms with Crippen molar-refractivity contribution in [3.8, 4) is 0 Å². The second-order valence-corrected chi connectivity index (χ2v) is 4.93. The van der Waals surface area contributed by atoms with Gasteiger partial charge in [0.05, 0.1) is 0 Å². The average molecular weight is 276 g/mol. The number of rotatable bonds is 2. The predicted molar refractivity (Wildman–Crippen MR) is 81.1 cm³/mol. The molecule has 3 rings (SSSR count). The lowest BCUT2D eigenvalue weighted by Gasteiger charge is -2.22. The Morgan fingerprint density at radius 2 is 1.89 bits per heavy atom. The highest BCUT2D eigenvalue weighted by atomic mass is 35.5. The van der Waals surface area contributed by atoms with Gasteiger partial charge in [-0.1, -0.05) is 42.5 Å². The van der Waals surface area contributed by atoms with Crippen LogP contribution in [0, 0.1) is 5.92 Å². The molecular weight excluding hydrogens is 258 g/mol. The Labute approximate surface area is 119 Å². The third-order valence-corrected chi connectivity index (χ3v) is 3.72. The fourth-order valence-corrected chi connectivity index (χ4v) is 2.74. The minimum atomic E-state index is 0. The van der Waals surface area contributed by atoms with Gasteiger partial charge in [0.1, 0.15) is 0 Å². The molecule has 100 valence electrons. The number of hydrogen-bond acceptors (Lipinski definition) is 2. The second kappa shape index (κ2) is 6.18. The Morgan fingerprint density at radius 1 is 1.11 bits per heavy atom. The van der Waals surface area contributed by atoms with Crippen LogP contribution in [-0.4, -0.2) is 18.9 Å². The van der Waals surface area contributed by atoms with Crippen LogP contribution in [0.1, 0.15) is 23.2 Å². The molecule has 2 aromatic carbocycles. The summed E-state index contributed by atoms with van der Waals surface area (Å²) in [5, 5.41) is 5.54. The lowest BCUT2D eigenvalue weighted by Crippen LogP contribution is -2.34. The van der Waals surface area contributed by atoms with E-state index >= 15 is 0 Å². The van der Waals surface area contributed by atoms with Gasteiger partial charge in [-0.3, -0.25) is 4.79 Å². The summed E-state index contributed by atoms with van der Waals surface area (Å²) < 4.78 is 0. The Kier molecular flexibility index (Phi) is 4.56.